The molecule has 3 rings (SSSR count). The molecule has 0 radical (unpaired) electrons. The standard InChI is InChI=1S/C18H24BrN3O2/c19-15-6-1-5-14(10-15)18(24)22-9-3-4-13(12-22)11-21-17(23)16-7-2-8-20-16/h1,5-6,10,13,16,20H,2-4,7-9,11-12H2,(H,21,23). The number of nitrogens with one attached hydrogen (secondary N) is 2. The molecule has 2 aliphatic rings. The average Bonchev–Trinajstić information content (AvgIpc) is 3.14. The average molecular weight is 394 g/mol. The maximum atomic E-state index is 12.7. The molecule has 24 heavy (non-hydrogen) atoms. The number of rotatable bonds is 4. The zero-order valence-electron chi connectivity index (χ0n) is 13.8. The predicted molar refractivity (Wildman–Crippen MR) is 96.8 cm³/mol. The number of nitrogens with zero attached hydrogens (tertiary/aromatic N) is 1. The van der Waals surface area contributed by atoms with Gasteiger partial charge in [0.05, 0.1) is 6.04 Å². The van der Waals surface area contributed by atoms with Crippen molar-refractivity contribution in [3.05, 3.63) is 34.3 Å². The monoisotopic (exact) mass is 393 g/mol. The molecular weight excluding hydrogens is 370 g/mol. The second kappa shape index (κ2) is 8.12. The van der Waals surface area contributed by atoms with Crippen molar-refractivity contribution >= 4 is 27.7 Å². The minimum atomic E-state index is -0.0343. The fraction of sp³-hybridized carbons (Fsp3) is 0.556. The molecule has 0 aliphatic carbocycles. The highest BCUT2D eigenvalue weighted by atomic mass is 79.9. The van der Waals surface area contributed by atoms with Crippen molar-refractivity contribution < 1.29 is 9.59 Å². The number of hydrogen-bond acceptors (Lipinski definition) is 3. The number of likely N-dealkylation sites (tertiary alicyclic amines) is 1. The van der Waals surface area contributed by atoms with Crippen molar-refractivity contribution in [2.45, 2.75) is 31.7 Å². The topological polar surface area (TPSA) is 61.4 Å². The van der Waals surface area contributed by atoms with Gasteiger partial charge in [0.15, 0.2) is 0 Å². The van der Waals surface area contributed by atoms with Crippen LogP contribution in [0.25, 0.3) is 0 Å². The van der Waals surface area contributed by atoms with Crippen LogP contribution in [0.15, 0.2) is 28.7 Å². The van der Waals surface area contributed by atoms with Crippen LogP contribution in [0.2, 0.25) is 0 Å². The molecule has 0 bridgehead atoms. The van der Waals surface area contributed by atoms with Gasteiger partial charge in [-0.3, -0.25) is 9.59 Å². The third-order valence-electron chi connectivity index (χ3n) is 4.82. The van der Waals surface area contributed by atoms with Gasteiger partial charge in [-0.05, 0) is 56.3 Å². The number of halogens is 1. The van der Waals surface area contributed by atoms with E-state index in [0.717, 1.165) is 43.2 Å². The number of amides is 2. The molecule has 2 saturated heterocycles. The van der Waals surface area contributed by atoms with E-state index in [0.29, 0.717) is 24.6 Å². The summed E-state index contributed by atoms with van der Waals surface area (Å²) in [5.41, 5.74) is 0.712. The van der Waals surface area contributed by atoms with Gasteiger partial charge in [-0.15, -0.1) is 0 Å². The molecule has 2 N–H and O–H groups in total. The molecule has 0 saturated carbocycles. The van der Waals surface area contributed by atoms with Gasteiger partial charge >= 0.3 is 0 Å². The SMILES string of the molecule is O=C(NCC1CCCN(C(=O)c2cccc(Br)c2)C1)C1CCCN1. The number of carbonyl (C=O) groups is 2. The van der Waals surface area contributed by atoms with E-state index < -0.39 is 0 Å². The van der Waals surface area contributed by atoms with Gasteiger partial charge in [-0.2, -0.15) is 0 Å². The number of benzene rings is 1. The molecule has 2 fully saturated rings. The predicted octanol–water partition coefficient (Wildman–Crippen LogP) is 2.17. The van der Waals surface area contributed by atoms with Gasteiger partial charge in [-0.1, -0.05) is 22.0 Å². The summed E-state index contributed by atoms with van der Waals surface area (Å²) in [6.07, 6.45) is 4.03. The quantitative estimate of drug-likeness (QED) is 0.823. The fourth-order valence-corrected chi connectivity index (χ4v) is 3.90. The molecule has 2 unspecified atom stereocenters. The zero-order chi connectivity index (χ0) is 16.9. The molecule has 2 atom stereocenters. The third kappa shape index (κ3) is 4.36. The molecular formula is C18H24BrN3O2. The third-order valence-corrected chi connectivity index (χ3v) is 5.31. The van der Waals surface area contributed by atoms with Crippen molar-refractivity contribution in [1.82, 2.24) is 15.5 Å². The first kappa shape index (κ1) is 17.4. The van der Waals surface area contributed by atoms with Crippen molar-refractivity contribution in [2.75, 3.05) is 26.2 Å². The van der Waals surface area contributed by atoms with Gasteiger partial charge in [0, 0.05) is 29.7 Å². The van der Waals surface area contributed by atoms with Crippen LogP contribution in [0.4, 0.5) is 0 Å². The van der Waals surface area contributed by atoms with E-state index in [-0.39, 0.29) is 17.9 Å². The Morgan fingerprint density at radius 2 is 2.17 bits per heavy atom. The van der Waals surface area contributed by atoms with Crippen molar-refractivity contribution in [2.24, 2.45) is 5.92 Å². The van der Waals surface area contributed by atoms with Crippen LogP contribution in [-0.4, -0.2) is 48.9 Å². The molecule has 2 heterocycles. The highest BCUT2D eigenvalue weighted by Crippen LogP contribution is 2.20. The van der Waals surface area contributed by atoms with E-state index in [1.54, 1.807) is 0 Å². The highest BCUT2D eigenvalue weighted by Gasteiger charge is 2.26. The summed E-state index contributed by atoms with van der Waals surface area (Å²) in [7, 11) is 0. The van der Waals surface area contributed by atoms with E-state index in [2.05, 4.69) is 26.6 Å². The van der Waals surface area contributed by atoms with Gasteiger partial charge in [0.2, 0.25) is 5.91 Å². The van der Waals surface area contributed by atoms with Crippen LogP contribution in [0.3, 0.4) is 0 Å². The van der Waals surface area contributed by atoms with Crippen LogP contribution in [0, 0.1) is 5.92 Å². The Balaban J connectivity index is 1.52. The lowest BCUT2D eigenvalue weighted by Gasteiger charge is -2.33. The van der Waals surface area contributed by atoms with Gasteiger partial charge < -0.3 is 15.5 Å². The van der Waals surface area contributed by atoms with E-state index in [4.69, 9.17) is 0 Å². The first-order valence-electron chi connectivity index (χ1n) is 8.69. The smallest absolute Gasteiger partial charge is 0.253 e. The number of hydrogen-bond donors (Lipinski definition) is 2. The van der Waals surface area contributed by atoms with E-state index in [1.165, 1.54) is 0 Å². The highest BCUT2D eigenvalue weighted by molar-refractivity contribution is 9.10. The van der Waals surface area contributed by atoms with E-state index in [1.807, 2.05) is 29.2 Å². The molecule has 2 amide bonds. The summed E-state index contributed by atoms with van der Waals surface area (Å²) in [4.78, 5) is 26.7. The molecule has 5 nitrogen and oxygen atoms in total. The van der Waals surface area contributed by atoms with Gasteiger partial charge in [0.25, 0.3) is 5.91 Å². The second-order valence-electron chi connectivity index (χ2n) is 6.66. The normalized spacial score (nSPS) is 24.0. The molecule has 1 aromatic rings. The lowest BCUT2D eigenvalue weighted by molar-refractivity contribution is -0.123. The summed E-state index contributed by atoms with van der Waals surface area (Å²) < 4.78 is 0.915. The Hall–Kier alpha value is -1.40. The summed E-state index contributed by atoms with van der Waals surface area (Å²) in [5.74, 6) is 0.507. The van der Waals surface area contributed by atoms with Crippen molar-refractivity contribution in [3.63, 3.8) is 0 Å². The fourth-order valence-electron chi connectivity index (χ4n) is 3.50. The molecule has 0 aromatic heterocycles. The Morgan fingerprint density at radius 3 is 2.92 bits per heavy atom. The molecule has 1 aromatic carbocycles. The molecule has 2 aliphatic heterocycles. The Kier molecular flexibility index (Phi) is 5.89. The first-order valence-corrected chi connectivity index (χ1v) is 9.49. The number of piperidine rings is 1. The Bertz CT molecular complexity index is 602. The second-order valence-corrected chi connectivity index (χ2v) is 7.58. The maximum absolute atomic E-state index is 12.7. The van der Waals surface area contributed by atoms with Crippen LogP contribution < -0.4 is 10.6 Å². The van der Waals surface area contributed by atoms with Crippen LogP contribution >= 0.6 is 15.9 Å². The summed E-state index contributed by atoms with van der Waals surface area (Å²) in [6.45, 7) is 3.08. The van der Waals surface area contributed by atoms with Gasteiger partial charge in [-0.25, -0.2) is 0 Å². The van der Waals surface area contributed by atoms with Crippen molar-refractivity contribution in [1.29, 1.82) is 0 Å². The molecule has 6 heteroatoms. The summed E-state index contributed by atoms with van der Waals surface area (Å²) in [6, 6.07) is 7.48. The minimum absolute atomic E-state index is 0.0343. The first-order chi connectivity index (χ1) is 11.6. The van der Waals surface area contributed by atoms with Crippen LogP contribution in [0.1, 0.15) is 36.0 Å². The summed E-state index contributed by atoms with van der Waals surface area (Å²) >= 11 is 3.42. The maximum Gasteiger partial charge on any atom is 0.253 e. The van der Waals surface area contributed by atoms with E-state index >= 15 is 0 Å². The van der Waals surface area contributed by atoms with Gasteiger partial charge in [0.1, 0.15) is 0 Å². The van der Waals surface area contributed by atoms with E-state index in [9.17, 15) is 9.59 Å². The lowest BCUT2D eigenvalue weighted by Crippen LogP contribution is -2.46. The zero-order valence-corrected chi connectivity index (χ0v) is 15.3. The lowest BCUT2D eigenvalue weighted by atomic mass is 9.97. The molecule has 130 valence electrons. The Morgan fingerprint density at radius 1 is 1.29 bits per heavy atom. The van der Waals surface area contributed by atoms with Crippen LogP contribution in [0.5, 0.6) is 0 Å². The summed E-state index contributed by atoms with van der Waals surface area (Å²) in [5, 5.41) is 6.27. The largest absolute Gasteiger partial charge is 0.354 e. The Labute approximate surface area is 151 Å². The number of carbonyl (C=O) groups excluding carboxylic acids is 2. The van der Waals surface area contributed by atoms with Crippen molar-refractivity contribution in [3.8, 4) is 0 Å². The molecule has 0 spiro atoms. The van der Waals surface area contributed by atoms with Crippen LogP contribution in [-0.2, 0) is 4.79 Å². The minimum Gasteiger partial charge on any atom is -0.354 e.